The quantitative estimate of drug-likeness (QED) is 0.847. The first-order valence-corrected chi connectivity index (χ1v) is 8.06. The van der Waals surface area contributed by atoms with Crippen LogP contribution in [0, 0.1) is 5.92 Å². The van der Waals surface area contributed by atoms with Crippen molar-refractivity contribution >= 4 is 11.3 Å². The van der Waals surface area contributed by atoms with Gasteiger partial charge in [-0.1, -0.05) is 25.3 Å². The fourth-order valence-corrected chi connectivity index (χ4v) is 3.76. The molecule has 1 fully saturated rings. The molecule has 1 aliphatic rings. The van der Waals surface area contributed by atoms with Crippen molar-refractivity contribution in [3.63, 3.8) is 0 Å². The Labute approximate surface area is 115 Å². The predicted octanol–water partition coefficient (Wildman–Crippen LogP) is 3.52. The molecule has 0 radical (unpaired) electrons. The van der Waals surface area contributed by atoms with Gasteiger partial charge in [-0.2, -0.15) is 0 Å². The van der Waals surface area contributed by atoms with E-state index in [9.17, 15) is 0 Å². The second-order valence-corrected chi connectivity index (χ2v) is 6.64. The van der Waals surface area contributed by atoms with Gasteiger partial charge < -0.3 is 10.2 Å². The zero-order chi connectivity index (χ0) is 12.8. The molecule has 0 spiro atoms. The van der Waals surface area contributed by atoms with Crippen molar-refractivity contribution in [2.75, 3.05) is 27.2 Å². The molecule has 102 valence electrons. The van der Waals surface area contributed by atoms with Gasteiger partial charge in [-0.05, 0) is 50.8 Å². The van der Waals surface area contributed by atoms with Gasteiger partial charge in [0.05, 0.1) is 6.04 Å². The Bertz CT molecular complexity index is 315. The Hall–Kier alpha value is -0.380. The summed E-state index contributed by atoms with van der Waals surface area (Å²) in [5.74, 6) is 0.921. The SMILES string of the molecule is CN(C)C(CNCC1CCCCC1)c1cccs1. The van der Waals surface area contributed by atoms with Gasteiger partial charge in [0.2, 0.25) is 0 Å². The molecule has 0 amide bonds. The number of nitrogens with zero attached hydrogens (tertiary/aromatic N) is 1. The minimum absolute atomic E-state index is 0.522. The zero-order valence-corrected chi connectivity index (χ0v) is 12.5. The third-order valence-electron chi connectivity index (χ3n) is 3.99. The Balaban J connectivity index is 1.76. The molecule has 2 rings (SSSR count). The van der Waals surface area contributed by atoms with Crippen molar-refractivity contribution in [3.8, 4) is 0 Å². The lowest BCUT2D eigenvalue weighted by atomic mass is 9.89. The standard InChI is InChI=1S/C15H26N2S/c1-17(2)14(15-9-6-10-18-15)12-16-11-13-7-4-3-5-8-13/h6,9-10,13-14,16H,3-5,7-8,11-12H2,1-2H3. The van der Waals surface area contributed by atoms with Crippen LogP contribution in [0.5, 0.6) is 0 Å². The van der Waals surface area contributed by atoms with Gasteiger partial charge in [0.1, 0.15) is 0 Å². The predicted molar refractivity (Wildman–Crippen MR) is 80.2 cm³/mol. The molecule has 1 aromatic rings. The molecule has 1 heterocycles. The molecule has 1 unspecified atom stereocenters. The minimum Gasteiger partial charge on any atom is -0.315 e. The number of nitrogens with one attached hydrogen (secondary N) is 1. The van der Waals surface area contributed by atoms with Crippen molar-refractivity contribution in [1.82, 2.24) is 10.2 Å². The third-order valence-corrected chi connectivity index (χ3v) is 4.96. The fraction of sp³-hybridized carbons (Fsp3) is 0.733. The maximum Gasteiger partial charge on any atom is 0.0561 e. The summed E-state index contributed by atoms with van der Waals surface area (Å²) in [4.78, 5) is 3.79. The first-order chi connectivity index (χ1) is 8.77. The molecule has 1 N–H and O–H groups in total. The number of rotatable bonds is 6. The van der Waals surface area contributed by atoms with Crippen LogP contribution in [0.3, 0.4) is 0 Å². The number of likely N-dealkylation sites (N-methyl/N-ethyl adjacent to an activating group) is 1. The molecular weight excluding hydrogens is 240 g/mol. The van der Waals surface area contributed by atoms with Gasteiger partial charge >= 0.3 is 0 Å². The van der Waals surface area contributed by atoms with Gasteiger partial charge in [-0.25, -0.2) is 0 Å². The van der Waals surface area contributed by atoms with Crippen LogP contribution in [0.15, 0.2) is 17.5 Å². The highest BCUT2D eigenvalue weighted by Crippen LogP contribution is 2.24. The molecule has 1 aliphatic carbocycles. The maximum absolute atomic E-state index is 3.69. The lowest BCUT2D eigenvalue weighted by molar-refractivity contribution is 0.276. The summed E-state index contributed by atoms with van der Waals surface area (Å²) in [5, 5.41) is 5.86. The molecule has 3 heteroatoms. The van der Waals surface area contributed by atoms with Crippen LogP contribution >= 0.6 is 11.3 Å². The summed E-state index contributed by atoms with van der Waals surface area (Å²) in [7, 11) is 4.35. The van der Waals surface area contributed by atoms with Gasteiger partial charge in [0.15, 0.2) is 0 Å². The monoisotopic (exact) mass is 266 g/mol. The lowest BCUT2D eigenvalue weighted by Gasteiger charge is -2.26. The summed E-state index contributed by atoms with van der Waals surface area (Å²) in [5.41, 5.74) is 0. The maximum atomic E-state index is 3.69. The van der Waals surface area contributed by atoms with E-state index in [1.54, 1.807) is 0 Å². The number of thiophene rings is 1. The second-order valence-electron chi connectivity index (χ2n) is 5.66. The summed E-state index contributed by atoms with van der Waals surface area (Å²) >= 11 is 1.86. The normalized spacial score (nSPS) is 19.3. The molecule has 1 aromatic heterocycles. The van der Waals surface area contributed by atoms with E-state index in [4.69, 9.17) is 0 Å². The van der Waals surface area contributed by atoms with Crippen molar-refractivity contribution in [2.45, 2.75) is 38.1 Å². The summed E-state index contributed by atoms with van der Waals surface area (Å²) in [6, 6.07) is 4.92. The van der Waals surface area contributed by atoms with E-state index in [0.29, 0.717) is 6.04 Å². The van der Waals surface area contributed by atoms with Crippen LogP contribution in [0.2, 0.25) is 0 Å². The van der Waals surface area contributed by atoms with Gasteiger partial charge in [0, 0.05) is 11.4 Å². The van der Waals surface area contributed by atoms with Gasteiger partial charge in [-0.15, -0.1) is 11.3 Å². The molecule has 0 bridgehead atoms. The van der Waals surface area contributed by atoms with Gasteiger partial charge in [0.25, 0.3) is 0 Å². The number of hydrogen-bond acceptors (Lipinski definition) is 3. The summed E-state index contributed by atoms with van der Waals surface area (Å²) < 4.78 is 0. The van der Waals surface area contributed by atoms with Crippen molar-refractivity contribution in [3.05, 3.63) is 22.4 Å². The zero-order valence-electron chi connectivity index (χ0n) is 11.7. The smallest absolute Gasteiger partial charge is 0.0561 e. The van der Waals surface area contributed by atoms with Crippen LogP contribution in [-0.4, -0.2) is 32.1 Å². The Morgan fingerprint density at radius 2 is 2.11 bits per heavy atom. The Morgan fingerprint density at radius 1 is 1.33 bits per heavy atom. The van der Waals surface area contributed by atoms with E-state index in [2.05, 4.69) is 41.8 Å². The Morgan fingerprint density at radius 3 is 2.72 bits per heavy atom. The molecule has 0 aliphatic heterocycles. The molecule has 18 heavy (non-hydrogen) atoms. The summed E-state index contributed by atoms with van der Waals surface area (Å²) in [6.45, 7) is 2.28. The molecular formula is C15H26N2S. The first-order valence-electron chi connectivity index (χ1n) is 7.18. The molecule has 0 saturated heterocycles. The molecule has 1 atom stereocenters. The molecule has 1 saturated carbocycles. The first kappa shape index (κ1) is 14.0. The highest BCUT2D eigenvalue weighted by molar-refractivity contribution is 7.10. The average molecular weight is 266 g/mol. The third kappa shape index (κ3) is 4.08. The van der Waals surface area contributed by atoms with E-state index in [1.165, 1.54) is 43.5 Å². The van der Waals surface area contributed by atoms with Crippen LogP contribution in [0.4, 0.5) is 0 Å². The van der Waals surface area contributed by atoms with Crippen LogP contribution in [0.25, 0.3) is 0 Å². The topological polar surface area (TPSA) is 15.3 Å². The number of hydrogen-bond donors (Lipinski definition) is 1. The van der Waals surface area contributed by atoms with E-state index < -0.39 is 0 Å². The largest absolute Gasteiger partial charge is 0.315 e. The van der Waals surface area contributed by atoms with Crippen molar-refractivity contribution < 1.29 is 0 Å². The van der Waals surface area contributed by atoms with Crippen molar-refractivity contribution in [1.29, 1.82) is 0 Å². The van der Waals surface area contributed by atoms with Gasteiger partial charge in [-0.3, -0.25) is 0 Å². The summed E-state index contributed by atoms with van der Waals surface area (Å²) in [6.07, 6.45) is 7.19. The highest BCUT2D eigenvalue weighted by Gasteiger charge is 2.17. The molecule has 0 aromatic carbocycles. The fourth-order valence-electron chi connectivity index (χ4n) is 2.83. The average Bonchev–Trinajstić information content (AvgIpc) is 2.89. The van der Waals surface area contributed by atoms with E-state index >= 15 is 0 Å². The lowest BCUT2D eigenvalue weighted by Crippen LogP contribution is -2.33. The Kier molecular flexibility index (Phi) is 5.67. The second kappa shape index (κ2) is 7.27. The van der Waals surface area contributed by atoms with Crippen LogP contribution in [-0.2, 0) is 0 Å². The minimum atomic E-state index is 0.522. The van der Waals surface area contributed by atoms with E-state index in [1.807, 2.05) is 11.3 Å². The highest BCUT2D eigenvalue weighted by atomic mass is 32.1. The van der Waals surface area contributed by atoms with E-state index in [0.717, 1.165) is 12.5 Å². The molecule has 2 nitrogen and oxygen atoms in total. The van der Waals surface area contributed by atoms with Crippen molar-refractivity contribution in [2.24, 2.45) is 5.92 Å². The van der Waals surface area contributed by atoms with E-state index in [-0.39, 0.29) is 0 Å². The van der Waals surface area contributed by atoms with Crippen LogP contribution < -0.4 is 5.32 Å². The van der Waals surface area contributed by atoms with Crippen LogP contribution in [0.1, 0.15) is 43.0 Å².